The molecule has 0 saturated heterocycles. The third kappa shape index (κ3) is 6.26. The minimum Gasteiger partial charge on any atom is -0.493 e. The molecule has 0 spiro atoms. The maximum absolute atomic E-state index is 12.3. The Morgan fingerprint density at radius 1 is 1.07 bits per heavy atom. The molecule has 1 N–H and O–H groups in total. The lowest BCUT2D eigenvalue weighted by Crippen LogP contribution is -2.40. The van der Waals surface area contributed by atoms with Gasteiger partial charge in [-0.15, -0.1) is 0 Å². The Labute approximate surface area is 179 Å². The van der Waals surface area contributed by atoms with Gasteiger partial charge in [0.15, 0.2) is 11.5 Å². The van der Waals surface area contributed by atoms with Crippen molar-refractivity contribution in [2.75, 3.05) is 37.9 Å². The molecule has 0 aliphatic carbocycles. The average molecular weight is 518 g/mol. The third-order valence-electron chi connectivity index (χ3n) is 3.99. The maximum Gasteiger partial charge on any atom is 0.240 e. The van der Waals surface area contributed by atoms with Gasteiger partial charge in [-0.3, -0.25) is 9.10 Å². The van der Waals surface area contributed by atoms with Crippen LogP contribution in [0, 0.1) is 3.57 Å². The number of hydrogen-bond acceptors (Lipinski definition) is 5. The number of nitrogens with one attached hydrogen (secondary N) is 1. The van der Waals surface area contributed by atoms with Crippen LogP contribution in [0.4, 0.5) is 5.69 Å². The summed E-state index contributed by atoms with van der Waals surface area (Å²) in [5.41, 5.74) is 1.42. The minimum atomic E-state index is -3.58. The predicted molar refractivity (Wildman–Crippen MR) is 118 cm³/mol. The van der Waals surface area contributed by atoms with Gasteiger partial charge in [-0.05, 0) is 71.0 Å². The summed E-state index contributed by atoms with van der Waals surface area (Å²) >= 11 is 2.14. The van der Waals surface area contributed by atoms with E-state index in [1.165, 1.54) is 0 Å². The molecule has 2 aromatic carbocycles. The van der Waals surface area contributed by atoms with E-state index in [9.17, 15) is 13.2 Å². The van der Waals surface area contributed by atoms with Crippen molar-refractivity contribution < 1.29 is 22.7 Å². The summed E-state index contributed by atoms with van der Waals surface area (Å²) < 4.78 is 36.7. The van der Waals surface area contributed by atoms with Crippen LogP contribution >= 0.6 is 22.6 Å². The van der Waals surface area contributed by atoms with Crippen molar-refractivity contribution in [3.8, 4) is 11.5 Å². The Kier molecular flexibility index (Phi) is 7.93. The van der Waals surface area contributed by atoms with E-state index < -0.39 is 10.0 Å². The first-order valence-corrected chi connectivity index (χ1v) is 11.4. The van der Waals surface area contributed by atoms with E-state index in [0.717, 1.165) is 19.7 Å². The topological polar surface area (TPSA) is 84.9 Å². The standard InChI is InChI=1S/C19H23IN2O5S/c1-26-17-9-4-14(12-18(17)27-2)10-11-21-19(23)13-22(28(3,24)25)16-7-5-15(20)6-8-16/h4-9,12H,10-11,13H2,1-3H3,(H,21,23). The summed E-state index contributed by atoms with van der Waals surface area (Å²) in [4.78, 5) is 12.3. The van der Waals surface area contributed by atoms with Gasteiger partial charge in [0.1, 0.15) is 6.54 Å². The third-order valence-corrected chi connectivity index (χ3v) is 5.85. The van der Waals surface area contributed by atoms with Gasteiger partial charge in [0.2, 0.25) is 15.9 Å². The zero-order valence-corrected chi connectivity index (χ0v) is 18.9. The molecule has 9 heteroatoms. The lowest BCUT2D eigenvalue weighted by Gasteiger charge is -2.22. The maximum atomic E-state index is 12.3. The molecule has 0 fully saturated rings. The van der Waals surface area contributed by atoms with E-state index >= 15 is 0 Å². The number of amides is 1. The van der Waals surface area contributed by atoms with Crippen LogP contribution in [-0.4, -0.2) is 47.9 Å². The van der Waals surface area contributed by atoms with Gasteiger partial charge in [-0.25, -0.2) is 8.42 Å². The molecule has 0 aliphatic heterocycles. The molecule has 0 saturated carbocycles. The monoisotopic (exact) mass is 518 g/mol. The number of carbonyl (C=O) groups excluding carboxylic acids is 1. The van der Waals surface area contributed by atoms with Gasteiger partial charge in [-0.2, -0.15) is 0 Å². The van der Waals surface area contributed by atoms with E-state index in [1.54, 1.807) is 44.6 Å². The molecular formula is C19H23IN2O5S. The van der Waals surface area contributed by atoms with Crippen LogP contribution in [0.2, 0.25) is 0 Å². The van der Waals surface area contributed by atoms with Crippen molar-refractivity contribution in [1.82, 2.24) is 5.32 Å². The highest BCUT2D eigenvalue weighted by atomic mass is 127. The predicted octanol–water partition coefficient (Wildman–Crippen LogP) is 2.43. The van der Waals surface area contributed by atoms with Gasteiger partial charge < -0.3 is 14.8 Å². The zero-order valence-electron chi connectivity index (χ0n) is 15.9. The van der Waals surface area contributed by atoms with Gasteiger partial charge in [0.05, 0.1) is 26.2 Å². The molecule has 0 heterocycles. The molecule has 0 atom stereocenters. The Balaban J connectivity index is 1.97. The largest absolute Gasteiger partial charge is 0.493 e. The number of halogens is 1. The lowest BCUT2D eigenvalue weighted by molar-refractivity contribution is -0.119. The molecule has 0 unspecified atom stereocenters. The van der Waals surface area contributed by atoms with Gasteiger partial charge in [0, 0.05) is 10.1 Å². The molecular weight excluding hydrogens is 495 g/mol. The first-order chi connectivity index (χ1) is 13.2. The summed E-state index contributed by atoms with van der Waals surface area (Å²) in [6.07, 6.45) is 1.66. The fourth-order valence-electron chi connectivity index (χ4n) is 2.58. The number of benzene rings is 2. The highest BCUT2D eigenvalue weighted by Crippen LogP contribution is 2.27. The molecule has 152 valence electrons. The molecule has 28 heavy (non-hydrogen) atoms. The zero-order chi connectivity index (χ0) is 20.7. The van der Waals surface area contributed by atoms with Crippen molar-refractivity contribution in [3.05, 3.63) is 51.6 Å². The number of hydrogen-bond donors (Lipinski definition) is 1. The molecule has 0 bridgehead atoms. The van der Waals surface area contributed by atoms with Crippen LogP contribution in [0.3, 0.4) is 0 Å². The van der Waals surface area contributed by atoms with Crippen LogP contribution in [0.15, 0.2) is 42.5 Å². The second kappa shape index (κ2) is 9.97. The fraction of sp³-hybridized carbons (Fsp3) is 0.316. The van der Waals surface area contributed by atoms with Crippen LogP contribution in [0.5, 0.6) is 11.5 Å². The summed E-state index contributed by atoms with van der Waals surface area (Å²) in [5, 5.41) is 2.76. The lowest BCUT2D eigenvalue weighted by atomic mass is 10.1. The summed E-state index contributed by atoms with van der Waals surface area (Å²) in [6, 6.07) is 12.5. The number of methoxy groups -OCH3 is 2. The van der Waals surface area contributed by atoms with E-state index in [1.807, 2.05) is 12.1 Å². The van der Waals surface area contributed by atoms with Crippen LogP contribution in [-0.2, 0) is 21.2 Å². The normalized spacial score (nSPS) is 11.0. The Morgan fingerprint density at radius 3 is 2.29 bits per heavy atom. The number of carbonyl (C=O) groups is 1. The second-order valence-corrected chi connectivity index (χ2v) is 9.19. The van der Waals surface area contributed by atoms with E-state index in [2.05, 4.69) is 27.9 Å². The molecule has 7 nitrogen and oxygen atoms in total. The van der Waals surface area contributed by atoms with E-state index in [4.69, 9.17) is 9.47 Å². The van der Waals surface area contributed by atoms with Crippen LogP contribution < -0.4 is 19.1 Å². The quantitative estimate of drug-likeness (QED) is 0.516. The number of ether oxygens (including phenoxy) is 2. The summed E-state index contributed by atoms with van der Waals surface area (Å²) in [7, 11) is -0.449. The molecule has 0 aliphatic rings. The minimum absolute atomic E-state index is 0.272. The Bertz CT molecular complexity index is 916. The van der Waals surface area contributed by atoms with Gasteiger partial charge in [0.25, 0.3) is 0 Å². The fourth-order valence-corrected chi connectivity index (χ4v) is 3.79. The number of nitrogens with zero attached hydrogens (tertiary/aromatic N) is 1. The van der Waals surface area contributed by atoms with Gasteiger partial charge in [-0.1, -0.05) is 6.07 Å². The smallest absolute Gasteiger partial charge is 0.240 e. The number of sulfonamides is 1. The van der Waals surface area contributed by atoms with Crippen molar-refractivity contribution in [3.63, 3.8) is 0 Å². The molecule has 0 radical (unpaired) electrons. The van der Waals surface area contributed by atoms with Crippen molar-refractivity contribution in [2.24, 2.45) is 0 Å². The molecule has 1 amide bonds. The number of anilines is 1. The molecule has 0 aromatic heterocycles. The highest BCUT2D eigenvalue weighted by molar-refractivity contribution is 14.1. The van der Waals surface area contributed by atoms with Crippen molar-refractivity contribution >= 4 is 44.2 Å². The Hall–Kier alpha value is -2.01. The summed E-state index contributed by atoms with van der Waals surface area (Å²) in [5.74, 6) is 0.884. The van der Waals surface area contributed by atoms with Crippen LogP contribution in [0.1, 0.15) is 5.56 Å². The number of rotatable bonds is 9. The highest BCUT2D eigenvalue weighted by Gasteiger charge is 2.20. The van der Waals surface area contributed by atoms with Crippen LogP contribution in [0.25, 0.3) is 0 Å². The van der Waals surface area contributed by atoms with Gasteiger partial charge >= 0.3 is 0 Å². The average Bonchev–Trinajstić information content (AvgIpc) is 2.66. The van der Waals surface area contributed by atoms with Crippen molar-refractivity contribution in [2.45, 2.75) is 6.42 Å². The second-order valence-electron chi connectivity index (χ2n) is 6.04. The van der Waals surface area contributed by atoms with Crippen molar-refractivity contribution in [1.29, 1.82) is 0 Å². The first kappa shape index (κ1) is 22.3. The van der Waals surface area contributed by atoms with E-state index in [-0.39, 0.29) is 12.5 Å². The Morgan fingerprint density at radius 2 is 1.71 bits per heavy atom. The van der Waals surface area contributed by atoms with E-state index in [0.29, 0.717) is 30.2 Å². The molecule has 2 aromatic rings. The first-order valence-electron chi connectivity index (χ1n) is 8.45. The summed E-state index contributed by atoms with van der Waals surface area (Å²) in [6.45, 7) is 0.101. The molecule has 2 rings (SSSR count). The SMILES string of the molecule is COc1ccc(CCNC(=O)CN(c2ccc(I)cc2)S(C)(=O)=O)cc1OC.